The van der Waals surface area contributed by atoms with Gasteiger partial charge in [-0.15, -0.1) is 0 Å². The molecule has 10 heteroatoms. The Kier molecular flexibility index (Phi) is 6.99. The fraction of sp³-hybridized carbons (Fsp3) is 0.517. The number of hydrogen-bond acceptors (Lipinski definition) is 6. The first-order chi connectivity index (χ1) is 18.5. The molecule has 39 heavy (non-hydrogen) atoms. The van der Waals surface area contributed by atoms with Crippen molar-refractivity contribution in [2.24, 2.45) is 11.3 Å². The zero-order valence-corrected chi connectivity index (χ0v) is 24.0. The Hall–Kier alpha value is -3.33. The largest absolute Gasteiger partial charge is 0.398 e. The number of aryl methyl sites for hydroxylation is 1. The van der Waals surface area contributed by atoms with Crippen LogP contribution in [0.15, 0.2) is 18.7 Å². The number of nitrogen functional groups attached to an aromatic ring is 1. The third-order valence-corrected chi connectivity index (χ3v) is 9.39. The van der Waals surface area contributed by atoms with Crippen molar-refractivity contribution in [1.29, 1.82) is 5.41 Å². The fourth-order valence-electron chi connectivity index (χ4n) is 6.77. The number of nitrogens with two attached hydrogens (primary N) is 1. The molecule has 1 aromatic heterocycles. The van der Waals surface area contributed by atoms with E-state index in [2.05, 4.69) is 36.9 Å². The summed E-state index contributed by atoms with van der Waals surface area (Å²) in [6.45, 7) is 15.3. The van der Waals surface area contributed by atoms with Crippen molar-refractivity contribution in [3.63, 3.8) is 0 Å². The van der Waals surface area contributed by atoms with Crippen LogP contribution in [0.4, 0.5) is 11.5 Å². The van der Waals surface area contributed by atoms with Crippen LogP contribution in [-0.2, 0) is 9.59 Å². The van der Waals surface area contributed by atoms with Crippen LogP contribution in [0.3, 0.4) is 0 Å². The molecule has 1 saturated carbocycles. The van der Waals surface area contributed by atoms with Gasteiger partial charge < -0.3 is 25.8 Å². The summed E-state index contributed by atoms with van der Waals surface area (Å²) in [5.74, 6) is 1.09. The molecule has 1 aliphatic carbocycles. The molecule has 1 aromatic carbocycles. The lowest BCUT2D eigenvalue weighted by molar-refractivity contribution is -0.149. The lowest BCUT2D eigenvalue weighted by atomic mass is 9.60. The molecule has 1 unspecified atom stereocenters. The highest BCUT2D eigenvalue weighted by Crippen LogP contribution is 2.55. The molecule has 3 fully saturated rings. The number of rotatable bonds is 7. The van der Waals surface area contributed by atoms with Crippen LogP contribution in [0.5, 0.6) is 0 Å². The molecular weight excluding hydrogens is 514 g/mol. The van der Waals surface area contributed by atoms with Crippen LogP contribution in [0.2, 0.25) is 5.02 Å². The first-order valence-electron chi connectivity index (χ1n) is 13.6. The van der Waals surface area contributed by atoms with Crippen molar-refractivity contribution in [2.45, 2.75) is 52.6 Å². The number of amides is 2. The zero-order chi connectivity index (χ0) is 28.2. The molecule has 2 saturated heterocycles. The molecule has 0 bridgehead atoms. The van der Waals surface area contributed by atoms with Crippen molar-refractivity contribution in [3.8, 4) is 11.1 Å². The third-order valence-electron chi connectivity index (χ3n) is 8.91. The second-order valence-electron chi connectivity index (χ2n) is 11.8. The Morgan fingerprint density at radius 3 is 2.54 bits per heavy atom. The van der Waals surface area contributed by atoms with Gasteiger partial charge in [-0.25, -0.2) is 0 Å². The number of hydrogen-bond donors (Lipinski definition) is 2. The minimum absolute atomic E-state index is 0.0102. The van der Waals surface area contributed by atoms with E-state index in [0.717, 1.165) is 60.5 Å². The molecule has 0 radical (unpaired) electrons. The van der Waals surface area contributed by atoms with Crippen molar-refractivity contribution in [3.05, 3.63) is 40.6 Å². The summed E-state index contributed by atoms with van der Waals surface area (Å²) in [6.07, 6.45) is 5.48. The summed E-state index contributed by atoms with van der Waals surface area (Å²) < 4.78 is 2.12. The summed E-state index contributed by atoms with van der Waals surface area (Å²) in [5, 5.41) is 14.0. The molecule has 9 nitrogen and oxygen atoms in total. The predicted molar refractivity (Wildman–Crippen MR) is 156 cm³/mol. The van der Waals surface area contributed by atoms with E-state index < -0.39 is 0 Å². The van der Waals surface area contributed by atoms with Crippen molar-refractivity contribution >= 4 is 41.6 Å². The Bertz CT molecular complexity index is 1340. The summed E-state index contributed by atoms with van der Waals surface area (Å²) in [5.41, 5.74) is 11.1. The Balaban J connectivity index is 1.59. The smallest absolute Gasteiger partial charge is 0.245 e. The van der Waals surface area contributed by atoms with E-state index in [1.807, 2.05) is 22.8 Å². The Morgan fingerprint density at radius 1 is 1.26 bits per heavy atom. The number of piperazine rings is 1. The third kappa shape index (κ3) is 4.40. The summed E-state index contributed by atoms with van der Waals surface area (Å²) >= 11 is 6.97. The Labute approximate surface area is 235 Å². The Morgan fingerprint density at radius 2 is 1.95 bits per heavy atom. The average Bonchev–Trinajstić information content (AvgIpc) is 3.19. The number of halogens is 1. The second kappa shape index (κ2) is 10.0. The zero-order valence-electron chi connectivity index (χ0n) is 23.2. The van der Waals surface area contributed by atoms with Crippen LogP contribution in [0, 0.1) is 30.6 Å². The number of nitrogens with one attached hydrogen (secondary N) is 1. The quantitative estimate of drug-likeness (QED) is 0.233. The highest BCUT2D eigenvalue weighted by atomic mass is 35.5. The van der Waals surface area contributed by atoms with E-state index in [-0.39, 0.29) is 29.3 Å². The highest BCUT2D eigenvalue weighted by Gasteiger charge is 2.54. The first kappa shape index (κ1) is 27.2. The second-order valence-corrected chi connectivity index (χ2v) is 12.2. The van der Waals surface area contributed by atoms with E-state index in [1.165, 1.54) is 12.3 Å². The van der Waals surface area contributed by atoms with Crippen molar-refractivity contribution in [2.75, 3.05) is 43.4 Å². The maximum atomic E-state index is 12.0. The van der Waals surface area contributed by atoms with Crippen LogP contribution in [-0.4, -0.2) is 76.9 Å². The molecule has 1 spiro atoms. The molecular formula is C29H38ClN7O2. The van der Waals surface area contributed by atoms with Gasteiger partial charge in [0, 0.05) is 72.4 Å². The summed E-state index contributed by atoms with van der Waals surface area (Å²) in [6, 6.07) is 2.10. The van der Waals surface area contributed by atoms with Gasteiger partial charge in [0.1, 0.15) is 0 Å². The minimum Gasteiger partial charge on any atom is -0.398 e. The first-order valence-corrected chi connectivity index (χ1v) is 14.0. The molecule has 2 aliphatic heterocycles. The van der Waals surface area contributed by atoms with E-state index in [9.17, 15) is 9.59 Å². The standard InChI is InChI=1S/C29H38ClN7O2/c1-6-24(39)35-14-29(15-35)10-20(11-29)37-19(5)25(26-21(12-31)22(32)9-18(4)27(26)30)28(33-37)36-8-7-34(16-38)13-23(36)17(2)3/h6,9,12,16-17,20,23,31H,1,7-8,10-11,13-15,32H2,2-5H3. The van der Waals surface area contributed by atoms with Gasteiger partial charge in [0.05, 0.1) is 17.1 Å². The number of nitrogens with zero attached hydrogens (tertiary/aromatic N) is 5. The van der Waals surface area contributed by atoms with Crippen molar-refractivity contribution < 1.29 is 9.59 Å². The van der Waals surface area contributed by atoms with Gasteiger partial charge in [0.2, 0.25) is 12.3 Å². The highest BCUT2D eigenvalue weighted by molar-refractivity contribution is 6.35. The molecule has 1 atom stereocenters. The lowest BCUT2D eigenvalue weighted by Crippen LogP contribution is -2.63. The average molecular weight is 552 g/mol. The lowest BCUT2D eigenvalue weighted by Gasteiger charge is -2.58. The van der Waals surface area contributed by atoms with Gasteiger partial charge in [-0.3, -0.25) is 14.3 Å². The predicted octanol–water partition coefficient (Wildman–Crippen LogP) is 4.05. The maximum Gasteiger partial charge on any atom is 0.245 e. The minimum atomic E-state index is -0.0102. The summed E-state index contributed by atoms with van der Waals surface area (Å²) in [7, 11) is 0. The number of aromatic nitrogens is 2. The van der Waals surface area contributed by atoms with Gasteiger partial charge in [0.15, 0.2) is 5.82 Å². The normalized spacial score (nSPS) is 20.7. The fourth-order valence-corrected chi connectivity index (χ4v) is 7.02. The number of carbonyl (C=O) groups is 2. The number of anilines is 2. The number of benzene rings is 1. The topological polar surface area (TPSA) is 112 Å². The molecule has 5 rings (SSSR count). The molecule has 2 amide bonds. The number of likely N-dealkylation sites (tertiary alicyclic amines) is 1. The van der Waals surface area contributed by atoms with Crippen LogP contribution < -0.4 is 10.6 Å². The van der Waals surface area contributed by atoms with Gasteiger partial charge in [-0.1, -0.05) is 32.0 Å². The van der Waals surface area contributed by atoms with E-state index in [0.29, 0.717) is 35.9 Å². The molecule has 3 N–H and O–H groups in total. The number of carbonyl (C=O) groups excluding carboxylic acids is 2. The van der Waals surface area contributed by atoms with Crippen LogP contribution >= 0.6 is 11.6 Å². The van der Waals surface area contributed by atoms with Crippen LogP contribution in [0.25, 0.3) is 11.1 Å². The molecule has 3 aliphatic rings. The van der Waals surface area contributed by atoms with Gasteiger partial charge >= 0.3 is 0 Å². The van der Waals surface area contributed by atoms with Crippen LogP contribution in [0.1, 0.15) is 49.6 Å². The molecule has 208 valence electrons. The van der Waals surface area contributed by atoms with Crippen molar-refractivity contribution in [1.82, 2.24) is 19.6 Å². The summed E-state index contributed by atoms with van der Waals surface area (Å²) in [4.78, 5) is 29.6. The molecule has 3 heterocycles. The van der Waals surface area contributed by atoms with E-state index >= 15 is 0 Å². The monoisotopic (exact) mass is 551 g/mol. The molecule has 2 aromatic rings. The van der Waals surface area contributed by atoms with Gasteiger partial charge in [-0.05, 0) is 50.3 Å². The van der Waals surface area contributed by atoms with E-state index in [1.54, 1.807) is 0 Å². The maximum absolute atomic E-state index is 12.0. The van der Waals surface area contributed by atoms with Gasteiger partial charge in [-0.2, -0.15) is 5.10 Å². The van der Waals surface area contributed by atoms with Gasteiger partial charge in [0.25, 0.3) is 0 Å². The van der Waals surface area contributed by atoms with E-state index in [4.69, 9.17) is 27.8 Å². The SMILES string of the molecule is C=CC(=O)N1CC2(CC(n3nc(N4CCN(C=O)CC4C(C)C)c(-c4c(Cl)c(C)cc(N)c4C=N)c3C)C2)C1.